The van der Waals surface area contributed by atoms with E-state index in [1.807, 2.05) is 27.7 Å². The fraction of sp³-hybridized carbons (Fsp3) is 0.318. The highest BCUT2D eigenvalue weighted by atomic mass is 35.5. The molecule has 3 aromatic rings. The Labute approximate surface area is 173 Å². The average molecular weight is 414 g/mol. The molecule has 1 N–H and O–H groups in total. The summed E-state index contributed by atoms with van der Waals surface area (Å²) in [6.07, 6.45) is 0.398. The average Bonchev–Trinajstić information content (AvgIpc) is 2.67. The number of carbonyl (C=O) groups excluding carboxylic acids is 1. The van der Waals surface area contributed by atoms with E-state index in [1.165, 1.54) is 4.57 Å². The Kier molecular flexibility index (Phi) is 5.94. The summed E-state index contributed by atoms with van der Waals surface area (Å²) in [6.45, 7) is 7.41. The molecule has 0 bridgehead atoms. The number of hydrogen-bond acceptors (Lipinski definition) is 3. The van der Waals surface area contributed by atoms with Gasteiger partial charge in [-0.3, -0.25) is 14.2 Å². The summed E-state index contributed by atoms with van der Waals surface area (Å²) in [5.41, 5.74) is 0.629. The number of hydrogen-bond donors (Lipinski definition) is 1. The van der Waals surface area contributed by atoms with E-state index < -0.39 is 17.3 Å². The van der Waals surface area contributed by atoms with Gasteiger partial charge in [-0.15, -0.1) is 0 Å². The summed E-state index contributed by atoms with van der Waals surface area (Å²) in [5.74, 6) is -0.262. The standard InChI is InChI=1S/C22H24ClN3O3/c1-5-18(20(27)24-13(2)3)26-19-9-7-6-8-16(19)21(28)25(22(26)29)15-11-10-14(4)17(23)12-15/h6-13,18H,5H2,1-4H3,(H,24,27)/t18-/m0/s1. The number of amides is 1. The van der Waals surface area contributed by atoms with Crippen LogP contribution in [0.25, 0.3) is 16.6 Å². The number of nitrogens with zero attached hydrogens (tertiary/aromatic N) is 2. The van der Waals surface area contributed by atoms with Gasteiger partial charge in [0.15, 0.2) is 0 Å². The molecule has 0 saturated carbocycles. The van der Waals surface area contributed by atoms with Crippen molar-refractivity contribution in [1.29, 1.82) is 0 Å². The van der Waals surface area contributed by atoms with E-state index in [0.717, 1.165) is 10.1 Å². The summed E-state index contributed by atoms with van der Waals surface area (Å²) < 4.78 is 2.49. The second-order valence-electron chi connectivity index (χ2n) is 7.33. The first-order valence-electron chi connectivity index (χ1n) is 9.59. The normalized spacial score (nSPS) is 12.3. The Hall–Kier alpha value is -2.86. The number of benzene rings is 2. The zero-order valence-corrected chi connectivity index (χ0v) is 17.7. The second kappa shape index (κ2) is 8.25. The lowest BCUT2D eigenvalue weighted by Gasteiger charge is -2.22. The lowest BCUT2D eigenvalue weighted by atomic mass is 10.1. The van der Waals surface area contributed by atoms with Crippen molar-refractivity contribution < 1.29 is 4.79 Å². The molecule has 0 saturated heterocycles. The van der Waals surface area contributed by atoms with Gasteiger partial charge in [-0.05, 0) is 57.0 Å². The van der Waals surface area contributed by atoms with Crippen LogP contribution in [0.5, 0.6) is 0 Å². The van der Waals surface area contributed by atoms with Gasteiger partial charge in [0, 0.05) is 11.1 Å². The lowest BCUT2D eigenvalue weighted by molar-refractivity contribution is -0.124. The number of para-hydroxylation sites is 1. The molecule has 0 radical (unpaired) electrons. The van der Waals surface area contributed by atoms with Gasteiger partial charge in [-0.1, -0.05) is 36.7 Å². The number of carbonyl (C=O) groups is 1. The van der Waals surface area contributed by atoms with Crippen molar-refractivity contribution in [1.82, 2.24) is 14.5 Å². The highest BCUT2D eigenvalue weighted by Gasteiger charge is 2.25. The molecule has 0 aliphatic heterocycles. The molecule has 1 aromatic heterocycles. The van der Waals surface area contributed by atoms with Crippen LogP contribution in [-0.2, 0) is 4.79 Å². The van der Waals surface area contributed by atoms with Gasteiger partial charge in [0.2, 0.25) is 5.91 Å². The predicted molar refractivity (Wildman–Crippen MR) is 116 cm³/mol. The van der Waals surface area contributed by atoms with Crippen LogP contribution in [0.1, 0.15) is 38.8 Å². The number of nitrogens with one attached hydrogen (secondary N) is 1. The third-order valence-electron chi connectivity index (χ3n) is 4.84. The first-order chi connectivity index (χ1) is 13.8. The number of rotatable bonds is 5. The first-order valence-corrected chi connectivity index (χ1v) is 9.97. The Morgan fingerprint density at radius 3 is 2.45 bits per heavy atom. The molecule has 0 aliphatic rings. The molecule has 0 aliphatic carbocycles. The highest BCUT2D eigenvalue weighted by Crippen LogP contribution is 2.20. The molecule has 6 nitrogen and oxygen atoms in total. The molecule has 0 fully saturated rings. The van der Waals surface area contributed by atoms with E-state index in [4.69, 9.17) is 11.6 Å². The van der Waals surface area contributed by atoms with Crippen LogP contribution in [0.3, 0.4) is 0 Å². The summed E-state index contributed by atoms with van der Waals surface area (Å²) in [7, 11) is 0. The van der Waals surface area contributed by atoms with Crippen molar-refractivity contribution in [2.24, 2.45) is 0 Å². The van der Waals surface area contributed by atoms with Crippen LogP contribution in [0.2, 0.25) is 5.02 Å². The number of aryl methyl sites for hydroxylation is 1. The van der Waals surface area contributed by atoms with Gasteiger partial charge in [-0.2, -0.15) is 0 Å². The van der Waals surface area contributed by atoms with Gasteiger partial charge in [0.25, 0.3) is 5.56 Å². The summed E-state index contributed by atoms with van der Waals surface area (Å²) in [4.78, 5) is 39.5. The highest BCUT2D eigenvalue weighted by molar-refractivity contribution is 6.31. The number of fused-ring (bicyclic) bond motifs is 1. The van der Waals surface area contributed by atoms with E-state index >= 15 is 0 Å². The van der Waals surface area contributed by atoms with Crippen molar-refractivity contribution in [2.75, 3.05) is 0 Å². The smallest absolute Gasteiger partial charge is 0.336 e. The molecule has 0 unspecified atom stereocenters. The molecule has 2 aromatic carbocycles. The molecule has 3 rings (SSSR count). The van der Waals surface area contributed by atoms with Crippen LogP contribution < -0.4 is 16.6 Å². The van der Waals surface area contributed by atoms with E-state index in [1.54, 1.807) is 42.5 Å². The van der Waals surface area contributed by atoms with Crippen molar-refractivity contribution >= 4 is 28.4 Å². The zero-order valence-electron chi connectivity index (χ0n) is 16.9. The maximum absolute atomic E-state index is 13.5. The fourth-order valence-corrected chi connectivity index (χ4v) is 3.57. The van der Waals surface area contributed by atoms with Crippen LogP contribution in [0.15, 0.2) is 52.1 Å². The Morgan fingerprint density at radius 2 is 1.83 bits per heavy atom. The lowest BCUT2D eigenvalue weighted by Crippen LogP contribution is -2.45. The minimum atomic E-state index is -0.748. The van der Waals surface area contributed by atoms with Gasteiger partial charge >= 0.3 is 5.69 Å². The molecule has 7 heteroatoms. The van der Waals surface area contributed by atoms with Gasteiger partial charge < -0.3 is 5.32 Å². The van der Waals surface area contributed by atoms with E-state index in [-0.39, 0.29) is 11.9 Å². The largest absolute Gasteiger partial charge is 0.352 e. The molecule has 0 spiro atoms. The maximum atomic E-state index is 13.5. The summed E-state index contributed by atoms with van der Waals surface area (Å²) in [5, 5.41) is 3.68. The van der Waals surface area contributed by atoms with Crippen molar-refractivity contribution in [3.63, 3.8) is 0 Å². The molecular weight excluding hydrogens is 390 g/mol. The summed E-state index contributed by atoms with van der Waals surface area (Å²) >= 11 is 6.24. The van der Waals surface area contributed by atoms with Crippen molar-refractivity contribution in [2.45, 2.75) is 46.2 Å². The zero-order chi connectivity index (χ0) is 21.3. The molecule has 152 valence electrons. The van der Waals surface area contributed by atoms with E-state index in [9.17, 15) is 14.4 Å². The predicted octanol–water partition coefficient (Wildman–Crippen LogP) is 3.59. The fourth-order valence-electron chi connectivity index (χ4n) is 3.40. The third-order valence-corrected chi connectivity index (χ3v) is 5.25. The van der Waals surface area contributed by atoms with E-state index in [2.05, 4.69) is 5.32 Å². The molecule has 1 atom stereocenters. The van der Waals surface area contributed by atoms with E-state index in [0.29, 0.717) is 28.0 Å². The minimum Gasteiger partial charge on any atom is -0.352 e. The van der Waals surface area contributed by atoms with Gasteiger partial charge in [-0.25, -0.2) is 9.36 Å². The summed E-state index contributed by atoms with van der Waals surface area (Å²) in [6, 6.07) is 11.0. The third kappa shape index (κ3) is 3.85. The monoisotopic (exact) mass is 413 g/mol. The number of halogens is 1. The first kappa shape index (κ1) is 20.9. The minimum absolute atomic E-state index is 0.0691. The maximum Gasteiger partial charge on any atom is 0.336 e. The topological polar surface area (TPSA) is 73.1 Å². The van der Waals surface area contributed by atoms with Crippen LogP contribution in [-0.4, -0.2) is 21.1 Å². The molecule has 29 heavy (non-hydrogen) atoms. The SMILES string of the molecule is CC[C@@H](C(=O)NC(C)C)n1c(=O)n(-c2ccc(C)c(Cl)c2)c(=O)c2ccccc21. The molecule has 1 amide bonds. The second-order valence-corrected chi connectivity index (χ2v) is 7.74. The van der Waals surface area contributed by atoms with Crippen LogP contribution in [0.4, 0.5) is 0 Å². The molecule has 1 heterocycles. The van der Waals surface area contributed by atoms with Gasteiger partial charge in [0.1, 0.15) is 6.04 Å². The Bertz CT molecular complexity index is 1190. The Balaban J connectivity index is 2.38. The van der Waals surface area contributed by atoms with Crippen LogP contribution >= 0.6 is 11.6 Å². The van der Waals surface area contributed by atoms with Crippen molar-refractivity contribution in [3.05, 3.63) is 73.9 Å². The Morgan fingerprint density at radius 1 is 1.14 bits per heavy atom. The van der Waals surface area contributed by atoms with Crippen LogP contribution in [0, 0.1) is 6.92 Å². The quantitative estimate of drug-likeness (QED) is 0.694. The number of aromatic nitrogens is 2. The van der Waals surface area contributed by atoms with Gasteiger partial charge in [0.05, 0.1) is 16.6 Å². The van der Waals surface area contributed by atoms with Crippen molar-refractivity contribution in [3.8, 4) is 5.69 Å². The molecular formula is C22H24ClN3O3.